The van der Waals surface area contributed by atoms with E-state index in [1.54, 1.807) is 6.92 Å². The topological polar surface area (TPSA) is 64.6 Å². The van der Waals surface area contributed by atoms with E-state index < -0.39 is 11.7 Å². The predicted molar refractivity (Wildman–Crippen MR) is 119 cm³/mol. The summed E-state index contributed by atoms with van der Waals surface area (Å²) in [6.45, 7) is 9.42. The summed E-state index contributed by atoms with van der Waals surface area (Å²) in [6, 6.07) is 18.2. The average molecular weight is 412 g/mol. The highest BCUT2D eigenvalue weighted by atomic mass is 16.6. The Morgan fingerprint density at radius 2 is 1.57 bits per heavy atom. The second-order valence-corrected chi connectivity index (χ2v) is 8.50. The first-order chi connectivity index (χ1) is 14.2. The quantitative estimate of drug-likeness (QED) is 0.593. The Kier molecular flexibility index (Phi) is 8.46. The van der Waals surface area contributed by atoms with Crippen molar-refractivity contribution in [3.63, 3.8) is 0 Å². The first-order valence-corrected chi connectivity index (χ1v) is 10.5. The van der Waals surface area contributed by atoms with Crippen molar-refractivity contribution in [1.29, 1.82) is 0 Å². The van der Waals surface area contributed by atoms with Gasteiger partial charge < -0.3 is 14.8 Å². The lowest BCUT2D eigenvalue weighted by Crippen LogP contribution is -2.41. The van der Waals surface area contributed by atoms with Gasteiger partial charge in [-0.25, -0.2) is 4.79 Å². The number of amides is 1. The molecule has 2 aromatic carbocycles. The minimum Gasteiger partial charge on any atom is -0.466 e. The van der Waals surface area contributed by atoms with Crippen LogP contribution in [0.2, 0.25) is 0 Å². The van der Waals surface area contributed by atoms with Gasteiger partial charge in [-0.2, -0.15) is 0 Å². The highest BCUT2D eigenvalue weighted by molar-refractivity contribution is 5.72. The number of carbonyl (C=O) groups is 2. The maximum absolute atomic E-state index is 12.3. The van der Waals surface area contributed by atoms with Crippen LogP contribution in [-0.2, 0) is 20.7 Å². The highest BCUT2D eigenvalue weighted by Crippen LogP contribution is 2.21. The zero-order chi connectivity index (χ0) is 22.1. The molecule has 0 heterocycles. The molecule has 0 aromatic heterocycles. The summed E-state index contributed by atoms with van der Waals surface area (Å²) in [4.78, 5) is 24.4. The van der Waals surface area contributed by atoms with E-state index in [1.165, 1.54) is 0 Å². The molecule has 162 valence electrons. The van der Waals surface area contributed by atoms with Crippen molar-refractivity contribution in [3.05, 3.63) is 60.2 Å². The number of rotatable bonds is 8. The Morgan fingerprint density at radius 1 is 0.967 bits per heavy atom. The molecule has 0 aliphatic carbocycles. The van der Waals surface area contributed by atoms with E-state index in [9.17, 15) is 9.59 Å². The van der Waals surface area contributed by atoms with Crippen molar-refractivity contribution < 1.29 is 19.1 Å². The van der Waals surface area contributed by atoms with Gasteiger partial charge in [0.05, 0.1) is 12.5 Å². The number of benzene rings is 2. The van der Waals surface area contributed by atoms with Gasteiger partial charge in [0, 0.05) is 6.04 Å². The minimum absolute atomic E-state index is 0.248. The molecule has 1 N–H and O–H groups in total. The smallest absolute Gasteiger partial charge is 0.407 e. The van der Waals surface area contributed by atoms with Crippen molar-refractivity contribution in [3.8, 4) is 11.1 Å². The van der Waals surface area contributed by atoms with E-state index in [0.29, 0.717) is 19.4 Å². The zero-order valence-corrected chi connectivity index (χ0v) is 18.6. The first kappa shape index (κ1) is 23.5. The van der Waals surface area contributed by atoms with Gasteiger partial charge in [0.15, 0.2) is 0 Å². The largest absolute Gasteiger partial charge is 0.466 e. The minimum atomic E-state index is -0.585. The number of carbonyl (C=O) groups excluding carboxylic acids is 2. The van der Waals surface area contributed by atoms with E-state index in [-0.39, 0.29) is 17.9 Å². The van der Waals surface area contributed by atoms with Gasteiger partial charge in [-0.05, 0) is 57.2 Å². The Bertz CT molecular complexity index is 809. The van der Waals surface area contributed by atoms with Crippen LogP contribution in [0.5, 0.6) is 0 Å². The molecule has 0 saturated heterocycles. The van der Waals surface area contributed by atoms with Gasteiger partial charge in [-0.1, -0.05) is 61.5 Å². The number of ether oxygens (including phenoxy) is 2. The third-order valence-electron chi connectivity index (χ3n) is 4.59. The number of hydrogen-bond donors (Lipinski definition) is 1. The molecular formula is C25H33NO4. The number of esters is 1. The van der Waals surface area contributed by atoms with Crippen LogP contribution in [0.3, 0.4) is 0 Å². The number of alkyl carbamates (subject to hydrolysis) is 1. The summed E-state index contributed by atoms with van der Waals surface area (Å²) >= 11 is 0. The molecule has 0 aliphatic rings. The van der Waals surface area contributed by atoms with Gasteiger partial charge in [0.25, 0.3) is 0 Å². The molecule has 1 unspecified atom stereocenters. The average Bonchev–Trinajstić information content (AvgIpc) is 2.68. The molecule has 2 rings (SSSR count). The van der Waals surface area contributed by atoms with Crippen LogP contribution in [0.4, 0.5) is 4.79 Å². The van der Waals surface area contributed by atoms with E-state index in [4.69, 9.17) is 9.47 Å². The lowest BCUT2D eigenvalue weighted by Gasteiger charge is -2.25. The molecule has 30 heavy (non-hydrogen) atoms. The van der Waals surface area contributed by atoms with Crippen molar-refractivity contribution in [2.24, 2.45) is 5.92 Å². The number of nitrogens with one attached hydrogen (secondary N) is 1. The second-order valence-electron chi connectivity index (χ2n) is 8.50. The SMILES string of the molecule is CCOC(=O)[C@H](C)CC(Cc1ccc(-c2ccccc2)cc1)NC(=O)OC(C)(C)C. The molecule has 0 spiro atoms. The first-order valence-electron chi connectivity index (χ1n) is 10.5. The second kappa shape index (κ2) is 10.8. The normalized spacial score (nSPS) is 13.2. The molecule has 1 amide bonds. The lowest BCUT2D eigenvalue weighted by atomic mass is 9.95. The predicted octanol–water partition coefficient (Wildman–Crippen LogP) is 5.38. The molecule has 2 atom stereocenters. The van der Waals surface area contributed by atoms with E-state index >= 15 is 0 Å². The Morgan fingerprint density at radius 3 is 2.13 bits per heavy atom. The van der Waals surface area contributed by atoms with E-state index in [0.717, 1.165) is 16.7 Å². The molecule has 0 aliphatic heterocycles. The molecule has 5 heteroatoms. The summed E-state index contributed by atoms with van der Waals surface area (Å²) in [6.07, 6.45) is 0.584. The summed E-state index contributed by atoms with van der Waals surface area (Å²) in [5, 5.41) is 2.93. The third-order valence-corrected chi connectivity index (χ3v) is 4.59. The lowest BCUT2D eigenvalue weighted by molar-refractivity contribution is -0.147. The third kappa shape index (κ3) is 7.90. The van der Waals surface area contributed by atoms with Crippen molar-refractivity contribution >= 4 is 12.1 Å². The van der Waals surface area contributed by atoms with Crippen molar-refractivity contribution in [2.75, 3.05) is 6.61 Å². The van der Waals surface area contributed by atoms with Crippen molar-refractivity contribution in [2.45, 2.75) is 59.1 Å². The summed E-state index contributed by atoms with van der Waals surface area (Å²) in [5.74, 6) is -0.582. The molecule has 2 aromatic rings. The van der Waals surface area contributed by atoms with Crippen LogP contribution in [0.25, 0.3) is 11.1 Å². The molecule has 0 radical (unpaired) electrons. The van der Waals surface area contributed by atoms with Crippen LogP contribution in [0.15, 0.2) is 54.6 Å². The number of hydrogen-bond acceptors (Lipinski definition) is 4. The van der Waals surface area contributed by atoms with Gasteiger partial charge in [0.1, 0.15) is 5.60 Å². The Hall–Kier alpha value is -2.82. The summed E-state index contributed by atoms with van der Waals surface area (Å²) < 4.78 is 10.5. The fourth-order valence-corrected chi connectivity index (χ4v) is 3.22. The van der Waals surface area contributed by atoms with E-state index in [2.05, 4.69) is 41.7 Å². The van der Waals surface area contributed by atoms with Crippen LogP contribution in [0, 0.1) is 5.92 Å². The van der Waals surface area contributed by atoms with E-state index in [1.807, 2.05) is 45.9 Å². The highest BCUT2D eigenvalue weighted by Gasteiger charge is 2.24. The van der Waals surface area contributed by atoms with Crippen LogP contribution >= 0.6 is 0 Å². The monoisotopic (exact) mass is 411 g/mol. The molecule has 0 fully saturated rings. The van der Waals surface area contributed by atoms with Gasteiger partial charge >= 0.3 is 12.1 Å². The Labute approximate surface area is 179 Å². The maximum Gasteiger partial charge on any atom is 0.407 e. The molecule has 5 nitrogen and oxygen atoms in total. The van der Waals surface area contributed by atoms with Crippen LogP contribution in [0.1, 0.15) is 46.6 Å². The fraction of sp³-hybridized carbons (Fsp3) is 0.440. The van der Waals surface area contributed by atoms with Gasteiger partial charge in [0.2, 0.25) is 0 Å². The summed E-state index contributed by atoms with van der Waals surface area (Å²) in [7, 11) is 0. The van der Waals surface area contributed by atoms with Crippen molar-refractivity contribution in [1.82, 2.24) is 5.32 Å². The van der Waals surface area contributed by atoms with Crippen LogP contribution < -0.4 is 5.32 Å². The molecule has 0 bridgehead atoms. The Balaban J connectivity index is 2.10. The summed E-state index contributed by atoms with van der Waals surface area (Å²) in [5.41, 5.74) is 2.78. The standard InChI is InChI=1S/C25H33NO4/c1-6-29-23(27)18(2)16-22(26-24(28)30-25(3,4)5)17-19-12-14-21(15-13-19)20-10-8-7-9-11-20/h7-15,18,22H,6,16-17H2,1-5H3,(H,26,28)/t18-,22?/m1/s1. The molecule has 0 saturated carbocycles. The fourth-order valence-electron chi connectivity index (χ4n) is 3.22. The maximum atomic E-state index is 12.3. The van der Waals surface area contributed by atoms with Gasteiger partial charge in [-0.15, -0.1) is 0 Å². The zero-order valence-electron chi connectivity index (χ0n) is 18.6. The molecular weight excluding hydrogens is 378 g/mol. The van der Waals surface area contributed by atoms with Crippen LogP contribution in [-0.4, -0.2) is 30.3 Å². The van der Waals surface area contributed by atoms with Gasteiger partial charge in [-0.3, -0.25) is 4.79 Å².